The minimum absolute atomic E-state index is 0.0474. The van der Waals surface area contributed by atoms with Gasteiger partial charge in [0.1, 0.15) is 11.9 Å². The van der Waals surface area contributed by atoms with Crippen LogP contribution in [0.25, 0.3) is 0 Å². The third kappa shape index (κ3) is 3.72. The van der Waals surface area contributed by atoms with E-state index in [0.717, 1.165) is 16.9 Å². The van der Waals surface area contributed by atoms with Crippen LogP contribution >= 0.6 is 0 Å². The van der Waals surface area contributed by atoms with E-state index < -0.39 is 12.0 Å². The van der Waals surface area contributed by atoms with Crippen molar-refractivity contribution in [3.05, 3.63) is 29.3 Å². The summed E-state index contributed by atoms with van der Waals surface area (Å²) in [4.78, 5) is 10.7. The van der Waals surface area contributed by atoms with Gasteiger partial charge in [-0.1, -0.05) is 17.7 Å². The first kappa shape index (κ1) is 14.5. The highest BCUT2D eigenvalue weighted by Crippen LogP contribution is 2.25. The number of ether oxygens (including phenoxy) is 1. The van der Waals surface area contributed by atoms with Gasteiger partial charge in [-0.15, -0.1) is 0 Å². The van der Waals surface area contributed by atoms with Crippen molar-refractivity contribution in [2.24, 2.45) is 5.73 Å². The maximum Gasteiger partial charge on any atom is 0.247 e. The summed E-state index contributed by atoms with van der Waals surface area (Å²) in [6.07, 6.45) is -1.18. The standard InChI is InChI=1S/C13H20N2O3/c1-8-4-5-12(18-3)10(6-8)9(2)15-7-11(16)13(14)17/h4-6,9,11,15-16H,7H2,1-3H3,(H2,14,17). The molecule has 0 radical (unpaired) electrons. The summed E-state index contributed by atoms with van der Waals surface area (Å²) in [5.41, 5.74) is 7.09. The topological polar surface area (TPSA) is 84.6 Å². The molecule has 0 aromatic heterocycles. The molecule has 100 valence electrons. The second-order valence-corrected chi connectivity index (χ2v) is 4.29. The maximum atomic E-state index is 10.7. The van der Waals surface area contributed by atoms with Crippen LogP contribution in [0, 0.1) is 6.92 Å². The van der Waals surface area contributed by atoms with Gasteiger partial charge in [-0.25, -0.2) is 0 Å². The van der Waals surface area contributed by atoms with Crippen molar-refractivity contribution in [1.82, 2.24) is 5.32 Å². The Bertz CT molecular complexity index is 421. The van der Waals surface area contributed by atoms with E-state index in [2.05, 4.69) is 5.32 Å². The first-order valence-corrected chi connectivity index (χ1v) is 5.81. The van der Waals surface area contributed by atoms with Crippen molar-refractivity contribution >= 4 is 5.91 Å². The quantitative estimate of drug-likeness (QED) is 0.688. The molecule has 0 aliphatic carbocycles. The van der Waals surface area contributed by atoms with Crippen LogP contribution < -0.4 is 15.8 Å². The molecule has 4 N–H and O–H groups in total. The van der Waals surface area contributed by atoms with Gasteiger partial charge in [0.05, 0.1) is 7.11 Å². The normalized spacial score (nSPS) is 14.0. The predicted octanol–water partition coefficient (Wildman–Crippen LogP) is 0.500. The van der Waals surface area contributed by atoms with Crippen molar-refractivity contribution in [2.45, 2.75) is 26.0 Å². The van der Waals surface area contributed by atoms with E-state index in [-0.39, 0.29) is 12.6 Å². The SMILES string of the molecule is COc1ccc(C)cc1C(C)NCC(O)C(N)=O. The first-order valence-electron chi connectivity index (χ1n) is 5.81. The summed E-state index contributed by atoms with van der Waals surface area (Å²) < 4.78 is 5.28. The monoisotopic (exact) mass is 252 g/mol. The maximum absolute atomic E-state index is 10.7. The highest BCUT2D eigenvalue weighted by molar-refractivity contribution is 5.78. The van der Waals surface area contributed by atoms with Crippen LogP contribution in [0.1, 0.15) is 24.1 Å². The molecule has 1 aromatic carbocycles. The molecule has 0 aliphatic heterocycles. The molecule has 0 aliphatic rings. The molecule has 1 rings (SSSR count). The van der Waals surface area contributed by atoms with Crippen LogP contribution in [0.3, 0.4) is 0 Å². The molecule has 0 fully saturated rings. The number of aliphatic hydroxyl groups excluding tert-OH is 1. The molecule has 0 spiro atoms. The lowest BCUT2D eigenvalue weighted by atomic mass is 10.0. The molecule has 0 heterocycles. The average molecular weight is 252 g/mol. The summed E-state index contributed by atoms with van der Waals surface area (Å²) in [6.45, 7) is 4.05. The second kappa shape index (κ2) is 6.37. The Hall–Kier alpha value is -1.59. The molecule has 0 saturated heterocycles. The fourth-order valence-electron chi connectivity index (χ4n) is 1.69. The summed E-state index contributed by atoms with van der Waals surface area (Å²) in [6, 6.07) is 5.82. The number of aliphatic hydroxyl groups is 1. The Kier molecular flexibility index (Phi) is 5.12. The number of rotatable bonds is 6. The van der Waals surface area contributed by atoms with Crippen LogP contribution in [0.5, 0.6) is 5.75 Å². The number of methoxy groups -OCH3 is 1. The van der Waals surface area contributed by atoms with Gasteiger partial charge in [-0.05, 0) is 19.9 Å². The van der Waals surface area contributed by atoms with E-state index in [9.17, 15) is 9.90 Å². The number of primary amides is 1. The van der Waals surface area contributed by atoms with Crippen LogP contribution in [-0.2, 0) is 4.79 Å². The van der Waals surface area contributed by atoms with E-state index in [1.54, 1.807) is 7.11 Å². The van der Waals surface area contributed by atoms with Gasteiger partial charge in [-0.3, -0.25) is 4.79 Å². The molecule has 0 bridgehead atoms. The van der Waals surface area contributed by atoms with Gasteiger partial charge in [0, 0.05) is 18.2 Å². The minimum Gasteiger partial charge on any atom is -0.496 e. The third-order valence-electron chi connectivity index (χ3n) is 2.80. The van der Waals surface area contributed by atoms with Crippen molar-refractivity contribution in [3.63, 3.8) is 0 Å². The zero-order valence-corrected chi connectivity index (χ0v) is 10.9. The average Bonchev–Trinajstić information content (AvgIpc) is 2.35. The van der Waals surface area contributed by atoms with E-state index in [0.29, 0.717) is 0 Å². The number of benzene rings is 1. The van der Waals surface area contributed by atoms with Crippen LogP contribution in [-0.4, -0.2) is 30.8 Å². The molecule has 1 aromatic rings. The van der Waals surface area contributed by atoms with Crippen LogP contribution in [0.2, 0.25) is 0 Å². The molecule has 18 heavy (non-hydrogen) atoms. The summed E-state index contributed by atoms with van der Waals surface area (Å²) in [5, 5.41) is 12.4. The third-order valence-corrected chi connectivity index (χ3v) is 2.80. The lowest BCUT2D eigenvalue weighted by molar-refractivity contribution is -0.125. The lowest BCUT2D eigenvalue weighted by Gasteiger charge is -2.19. The van der Waals surface area contributed by atoms with Crippen molar-refractivity contribution < 1.29 is 14.6 Å². The van der Waals surface area contributed by atoms with Gasteiger partial charge in [0.15, 0.2) is 0 Å². The fraction of sp³-hybridized carbons (Fsp3) is 0.462. The Labute approximate surface area is 107 Å². The summed E-state index contributed by atoms with van der Waals surface area (Å²) >= 11 is 0. The van der Waals surface area contributed by atoms with Gasteiger partial charge in [0.25, 0.3) is 0 Å². The summed E-state index contributed by atoms with van der Waals surface area (Å²) in [5.74, 6) is 0.0417. The number of nitrogens with two attached hydrogens (primary N) is 1. The minimum atomic E-state index is -1.18. The van der Waals surface area contributed by atoms with E-state index >= 15 is 0 Å². The molecule has 1 amide bonds. The zero-order valence-electron chi connectivity index (χ0n) is 10.9. The van der Waals surface area contributed by atoms with Crippen molar-refractivity contribution in [1.29, 1.82) is 0 Å². The predicted molar refractivity (Wildman–Crippen MR) is 69.3 cm³/mol. The van der Waals surface area contributed by atoms with Gasteiger partial charge < -0.3 is 20.9 Å². The van der Waals surface area contributed by atoms with E-state index in [4.69, 9.17) is 10.5 Å². The molecule has 5 heteroatoms. The number of carbonyl (C=O) groups excluding carboxylic acids is 1. The molecule has 2 unspecified atom stereocenters. The summed E-state index contributed by atoms with van der Waals surface area (Å²) in [7, 11) is 1.61. The van der Waals surface area contributed by atoms with Crippen LogP contribution in [0.15, 0.2) is 18.2 Å². The molecular weight excluding hydrogens is 232 g/mol. The Morgan fingerprint density at radius 3 is 2.78 bits per heavy atom. The Morgan fingerprint density at radius 2 is 2.22 bits per heavy atom. The number of aryl methyl sites for hydroxylation is 1. The first-order chi connectivity index (χ1) is 8.45. The van der Waals surface area contributed by atoms with Crippen molar-refractivity contribution in [3.8, 4) is 5.75 Å². The largest absolute Gasteiger partial charge is 0.496 e. The van der Waals surface area contributed by atoms with E-state index in [1.165, 1.54) is 0 Å². The number of hydrogen-bond donors (Lipinski definition) is 3. The fourth-order valence-corrected chi connectivity index (χ4v) is 1.69. The molecule has 5 nitrogen and oxygen atoms in total. The van der Waals surface area contributed by atoms with Gasteiger partial charge in [0.2, 0.25) is 5.91 Å². The lowest BCUT2D eigenvalue weighted by Crippen LogP contribution is -2.38. The van der Waals surface area contributed by atoms with E-state index in [1.807, 2.05) is 32.0 Å². The van der Waals surface area contributed by atoms with Gasteiger partial charge in [-0.2, -0.15) is 0 Å². The number of nitrogens with one attached hydrogen (secondary N) is 1. The Balaban J connectivity index is 2.74. The zero-order chi connectivity index (χ0) is 13.7. The highest BCUT2D eigenvalue weighted by Gasteiger charge is 2.15. The number of carbonyl (C=O) groups is 1. The molecule has 0 saturated carbocycles. The number of amides is 1. The second-order valence-electron chi connectivity index (χ2n) is 4.29. The smallest absolute Gasteiger partial charge is 0.247 e. The molecule has 2 atom stereocenters. The number of hydrogen-bond acceptors (Lipinski definition) is 4. The Morgan fingerprint density at radius 1 is 1.56 bits per heavy atom. The molecular formula is C13H20N2O3. The highest BCUT2D eigenvalue weighted by atomic mass is 16.5. The van der Waals surface area contributed by atoms with Crippen LogP contribution in [0.4, 0.5) is 0 Å². The van der Waals surface area contributed by atoms with Crippen molar-refractivity contribution in [2.75, 3.05) is 13.7 Å². The van der Waals surface area contributed by atoms with Gasteiger partial charge >= 0.3 is 0 Å².